The first kappa shape index (κ1) is 15.0. The van der Waals surface area contributed by atoms with Crippen LogP contribution in [0.5, 0.6) is 0 Å². The summed E-state index contributed by atoms with van der Waals surface area (Å²) in [7, 11) is 0. The van der Waals surface area contributed by atoms with Crippen LogP contribution >= 0.6 is 15.9 Å². The molecular formula is C17H18BrN3O. The number of pyridine rings is 1. The van der Waals surface area contributed by atoms with E-state index in [0.29, 0.717) is 5.56 Å². The van der Waals surface area contributed by atoms with Crippen LogP contribution in [-0.4, -0.2) is 24.0 Å². The zero-order valence-corrected chi connectivity index (χ0v) is 13.8. The Hall–Kier alpha value is -1.88. The number of hydrogen-bond donors (Lipinski definition) is 1. The molecule has 22 heavy (non-hydrogen) atoms. The van der Waals surface area contributed by atoms with E-state index in [1.54, 1.807) is 6.20 Å². The zero-order chi connectivity index (χ0) is 15.4. The van der Waals surface area contributed by atoms with Crippen LogP contribution in [0, 0.1) is 0 Å². The molecule has 0 saturated carbocycles. The highest BCUT2D eigenvalue weighted by Crippen LogP contribution is 2.23. The molecule has 4 nitrogen and oxygen atoms in total. The smallest absolute Gasteiger partial charge is 0.257 e. The van der Waals surface area contributed by atoms with Crippen molar-refractivity contribution in [3.63, 3.8) is 0 Å². The van der Waals surface area contributed by atoms with E-state index < -0.39 is 0 Å². The van der Waals surface area contributed by atoms with E-state index in [2.05, 4.69) is 31.1 Å². The molecule has 1 aliphatic heterocycles. The summed E-state index contributed by atoms with van der Waals surface area (Å²) in [5.74, 6) is -0.141. The molecule has 0 unspecified atom stereocenters. The Kier molecular flexibility index (Phi) is 4.73. The molecule has 3 rings (SSSR count). The number of hydrogen-bond acceptors (Lipinski definition) is 3. The molecule has 1 N–H and O–H groups in total. The van der Waals surface area contributed by atoms with Gasteiger partial charge >= 0.3 is 0 Å². The number of para-hydroxylation sites is 1. The van der Waals surface area contributed by atoms with Gasteiger partial charge in [0.2, 0.25) is 0 Å². The zero-order valence-electron chi connectivity index (χ0n) is 12.3. The molecule has 1 fully saturated rings. The standard InChI is InChI=1S/C17H18BrN3O/c18-15-6-2-3-7-16(15)20-17(22)13-10-14(12-19-11-13)21-8-4-1-5-9-21/h2-3,6-7,10-12H,1,4-5,8-9H2,(H,20,22). The molecule has 0 radical (unpaired) electrons. The third-order valence-corrected chi connectivity index (χ3v) is 4.52. The van der Waals surface area contributed by atoms with E-state index >= 15 is 0 Å². The van der Waals surface area contributed by atoms with Gasteiger partial charge in [-0.15, -0.1) is 0 Å². The maximum atomic E-state index is 12.4. The summed E-state index contributed by atoms with van der Waals surface area (Å²) < 4.78 is 0.864. The highest BCUT2D eigenvalue weighted by molar-refractivity contribution is 9.10. The fourth-order valence-electron chi connectivity index (χ4n) is 2.63. The van der Waals surface area contributed by atoms with Crippen LogP contribution in [-0.2, 0) is 0 Å². The van der Waals surface area contributed by atoms with E-state index in [-0.39, 0.29) is 5.91 Å². The van der Waals surface area contributed by atoms with Crippen LogP contribution in [0.15, 0.2) is 47.2 Å². The third kappa shape index (κ3) is 3.47. The monoisotopic (exact) mass is 359 g/mol. The van der Waals surface area contributed by atoms with Crippen LogP contribution in [0.25, 0.3) is 0 Å². The van der Waals surface area contributed by atoms with Gasteiger partial charge in [0.1, 0.15) is 0 Å². The SMILES string of the molecule is O=C(Nc1ccccc1Br)c1cncc(N2CCCCC2)c1. The van der Waals surface area contributed by atoms with Crippen molar-refractivity contribution in [1.29, 1.82) is 0 Å². The van der Waals surface area contributed by atoms with Crippen molar-refractivity contribution in [2.75, 3.05) is 23.3 Å². The van der Waals surface area contributed by atoms with Crippen molar-refractivity contribution < 1.29 is 4.79 Å². The van der Waals surface area contributed by atoms with Crippen LogP contribution in [0.1, 0.15) is 29.6 Å². The number of amides is 1. The van der Waals surface area contributed by atoms with Gasteiger partial charge in [-0.1, -0.05) is 12.1 Å². The molecule has 1 aromatic carbocycles. The van der Waals surface area contributed by atoms with Gasteiger partial charge in [0.15, 0.2) is 0 Å². The fourth-order valence-corrected chi connectivity index (χ4v) is 3.02. The number of piperidine rings is 1. The molecule has 1 aromatic heterocycles. The van der Waals surface area contributed by atoms with Crippen molar-refractivity contribution in [3.8, 4) is 0 Å². The molecule has 114 valence electrons. The maximum absolute atomic E-state index is 12.4. The van der Waals surface area contributed by atoms with Gasteiger partial charge in [-0.3, -0.25) is 9.78 Å². The lowest BCUT2D eigenvalue weighted by Gasteiger charge is -2.28. The van der Waals surface area contributed by atoms with Gasteiger partial charge in [-0.25, -0.2) is 0 Å². The first-order valence-electron chi connectivity index (χ1n) is 7.50. The summed E-state index contributed by atoms with van der Waals surface area (Å²) in [6.45, 7) is 2.08. The number of nitrogens with one attached hydrogen (secondary N) is 1. The Morgan fingerprint density at radius 3 is 2.68 bits per heavy atom. The fraction of sp³-hybridized carbons (Fsp3) is 0.294. The molecule has 0 spiro atoms. The van der Waals surface area contributed by atoms with E-state index in [9.17, 15) is 4.79 Å². The number of nitrogens with zero attached hydrogens (tertiary/aromatic N) is 2. The largest absolute Gasteiger partial charge is 0.370 e. The average molecular weight is 360 g/mol. The number of benzene rings is 1. The van der Waals surface area contributed by atoms with Crippen LogP contribution in [0.3, 0.4) is 0 Å². The summed E-state index contributed by atoms with van der Waals surface area (Å²) in [6.07, 6.45) is 7.13. The quantitative estimate of drug-likeness (QED) is 0.897. The number of aromatic nitrogens is 1. The van der Waals surface area contributed by atoms with E-state index in [4.69, 9.17) is 0 Å². The molecule has 5 heteroatoms. The van der Waals surface area contributed by atoms with Crippen molar-refractivity contribution in [2.24, 2.45) is 0 Å². The number of carbonyl (C=O) groups is 1. The predicted octanol–water partition coefficient (Wildman–Crippen LogP) is 4.09. The minimum atomic E-state index is -0.141. The molecular weight excluding hydrogens is 342 g/mol. The van der Waals surface area contributed by atoms with Crippen molar-refractivity contribution in [1.82, 2.24) is 4.98 Å². The van der Waals surface area contributed by atoms with Gasteiger partial charge in [0, 0.05) is 23.8 Å². The van der Waals surface area contributed by atoms with Gasteiger partial charge in [-0.2, -0.15) is 0 Å². The van der Waals surface area contributed by atoms with E-state index in [1.807, 2.05) is 36.5 Å². The van der Waals surface area contributed by atoms with Gasteiger partial charge in [0.25, 0.3) is 5.91 Å². The lowest BCUT2D eigenvalue weighted by molar-refractivity contribution is 0.102. The Morgan fingerprint density at radius 2 is 1.91 bits per heavy atom. The minimum Gasteiger partial charge on any atom is -0.370 e. The van der Waals surface area contributed by atoms with Crippen molar-refractivity contribution >= 4 is 33.2 Å². The first-order chi connectivity index (χ1) is 10.7. The molecule has 0 bridgehead atoms. The van der Waals surface area contributed by atoms with Crippen LogP contribution < -0.4 is 10.2 Å². The average Bonchev–Trinajstić information content (AvgIpc) is 2.58. The normalized spacial score (nSPS) is 14.7. The summed E-state index contributed by atoms with van der Waals surface area (Å²) in [5, 5.41) is 2.91. The predicted molar refractivity (Wildman–Crippen MR) is 92.4 cm³/mol. The summed E-state index contributed by atoms with van der Waals surface area (Å²) in [6, 6.07) is 9.49. The summed E-state index contributed by atoms with van der Waals surface area (Å²) >= 11 is 3.44. The molecule has 2 heterocycles. The Balaban J connectivity index is 1.76. The highest BCUT2D eigenvalue weighted by atomic mass is 79.9. The van der Waals surface area contributed by atoms with E-state index in [1.165, 1.54) is 19.3 Å². The third-order valence-electron chi connectivity index (χ3n) is 3.83. The molecule has 0 atom stereocenters. The Labute approximate surface area is 138 Å². The Bertz CT molecular complexity index is 668. The van der Waals surface area contributed by atoms with Crippen LogP contribution in [0.2, 0.25) is 0 Å². The molecule has 1 amide bonds. The highest BCUT2D eigenvalue weighted by Gasteiger charge is 2.14. The number of anilines is 2. The minimum absolute atomic E-state index is 0.141. The lowest BCUT2D eigenvalue weighted by Crippen LogP contribution is -2.29. The Morgan fingerprint density at radius 1 is 1.14 bits per heavy atom. The number of carbonyl (C=O) groups excluding carboxylic acids is 1. The van der Waals surface area contributed by atoms with Gasteiger partial charge in [-0.05, 0) is 53.4 Å². The first-order valence-corrected chi connectivity index (χ1v) is 8.29. The molecule has 2 aromatic rings. The van der Waals surface area contributed by atoms with Gasteiger partial charge in [0.05, 0.1) is 23.1 Å². The summed E-state index contributed by atoms with van der Waals surface area (Å²) in [5.41, 5.74) is 2.37. The second kappa shape index (κ2) is 6.92. The van der Waals surface area contributed by atoms with Crippen molar-refractivity contribution in [3.05, 3.63) is 52.8 Å². The van der Waals surface area contributed by atoms with Crippen LogP contribution in [0.4, 0.5) is 11.4 Å². The summed E-state index contributed by atoms with van der Waals surface area (Å²) in [4.78, 5) is 18.9. The maximum Gasteiger partial charge on any atom is 0.257 e. The second-order valence-corrected chi connectivity index (χ2v) is 6.27. The number of halogens is 1. The lowest BCUT2D eigenvalue weighted by atomic mass is 10.1. The molecule has 1 aliphatic rings. The topological polar surface area (TPSA) is 45.2 Å². The second-order valence-electron chi connectivity index (χ2n) is 5.41. The van der Waals surface area contributed by atoms with E-state index in [0.717, 1.165) is 28.9 Å². The van der Waals surface area contributed by atoms with Gasteiger partial charge < -0.3 is 10.2 Å². The molecule has 0 aliphatic carbocycles. The number of rotatable bonds is 3. The molecule has 1 saturated heterocycles. The van der Waals surface area contributed by atoms with Crippen molar-refractivity contribution in [2.45, 2.75) is 19.3 Å².